The fraction of sp³-hybridized carbons (Fsp3) is 0.500. The van der Waals surface area contributed by atoms with Gasteiger partial charge in [0.15, 0.2) is 0 Å². The van der Waals surface area contributed by atoms with Crippen LogP contribution in [-0.4, -0.2) is 73.3 Å². The van der Waals surface area contributed by atoms with Gasteiger partial charge >= 0.3 is 5.97 Å². The summed E-state index contributed by atoms with van der Waals surface area (Å²) >= 11 is 0. The molecule has 2 aromatic carbocycles. The first kappa shape index (κ1) is 23.5. The molecule has 0 amide bonds. The number of hydrogen-bond acceptors (Lipinski definition) is 6. The summed E-state index contributed by atoms with van der Waals surface area (Å²) < 4.78 is 19.1. The number of benzene rings is 2. The zero-order chi connectivity index (χ0) is 23.2. The van der Waals surface area contributed by atoms with Crippen molar-refractivity contribution in [3.8, 4) is 5.75 Å². The fourth-order valence-electron chi connectivity index (χ4n) is 5.32. The van der Waals surface area contributed by atoms with Crippen molar-refractivity contribution in [2.45, 2.75) is 31.8 Å². The van der Waals surface area contributed by atoms with E-state index in [-0.39, 0.29) is 17.5 Å². The second-order valence-electron chi connectivity index (χ2n) is 9.11. The maximum Gasteiger partial charge on any atom is 0.305 e. The number of esters is 1. The summed E-state index contributed by atoms with van der Waals surface area (Å²) in [5.74, 6) is 0.318. The van der Waals surface area contributed by atoms with Gasteiger partial charge < -0.3 is 14.7 Å². The van der Waals surface area contributed by atoms with E-state index in [0.29, 0.717) is 24.1 Å². The molecule has 0 unspecified atom stereocenters. The predicted octanol–water partition coefficient (Wildman–Crippen LogP) is 3.50. The van der Waals surface area contributed by atoms with E-state index in [9.17, 15) is 14.3 Å². The summed E-state index contributed by atoms with van der Waals surface area (Å²) in [7, 11) is 1.44. The molecule has 7 heteroatoms. The first-order chi connectivity index (χ1) is 16.0. The van der Waals surface area contributed by atoms with Crippen LogP contribution in [0.2, 0.25) is 0 Å². The van der Waals surface area contributed by atoms with E-state index in [1.165, 1.54) is 13.2 Å². The van der Waals surface area contributed by atoms with Gasteiger partial charge in [-0.2, -0.15) is 0 Å². The molecule has 0 radical (unpaired) electrons. The fourth-order valence-corrected chi connectivity index (χ4v) is 5.32. The molecule has 2 atom stereocenters. The van der Waals surface area contributed by atoms with Crippen LogP contribution in [0.15, 0.2) is 48.5 Å². The third-order valence-corrected chi connectivity index (χ3v) is 7.02. The number of halogens is 1. The molecule has 0 aliphatic carbocycles. The molecule has 2 fully saturated rings. The van der Waals surface area contributed by atoms with Gasteiger partial charge in [-0.1, -0.05) is 24.3 Å². The predicted molar refractivity (Wildman–Crippen MR) is 127 cm³/mol. The number of phenols is 1. The lowest BCUT2D eigenvalue weighted by atomic mass is 9.86. The molecule has 6 nitrogen and oxygen atoms in total. The number of carbonyl (C=O) groups is 1. The van der Waals surface area contributed by atoms with Gasteiger partial charge in [0.1, 0.15) is 11.6 Å². The lowest BCUT2D eigenvalue weighted by Crippen LogP contribution is -2.56. The Morgan fingerprint density at radius 3 is 2.61 bits per heavy atom. The van der Waals surface area contributed by atoms with E-state index in [0.717, 1.165) is 64.2 Å². The minimum absolute atomic E-state index is 0.164. The maximum absolute atomic E-state index is 14.2. The van der Waals surface area contributed by atoms with Crippen LogP contribution in [-0.2, 0) is 16.1 Å². The molecule has 2 saturated heterocycles. The minimum atomic E-state index is -0.165. The Labute approximate surface area is 195 Å². The van der Waals surface area contributed by atoms with E-state index >= 15 is 0 Å². The van der Waals surface area contributed by atoms with Crippen LogP contribution in [0.4, 0.5) is 10.1 Å². The van der Waals surface area contributed by atoms with Gasteiger partial charge in [-0.3, -0.25) is 14.6 Å². The smallest absolute Gasteiger partial charge is 0.305 e. The lowest BCUT2D eigenvalue weighted by molar-refractivity contribution is -0.141. The Kier molecular flexibility index (Phi) is 7.83. The van der Waals surface area contributed by atoms with Gasteiger partial charge in [-0.25, -0.2) is 4.39 Å². The molecule has 2 aliphatic heterocycles. The van der Waals surface area contributed by atoms with Crippen LogP contribution in [0.5, 0.6) is 5.75 Å². The summed E-state index contributed by atoms with van der Waals surface area (Å²) in [6, 6.07) is 14.8. The van der Waals surface area contributed by atoms with Crippen molar-refractivity contribution in [1.29, 1.82) is 0 Å². The number of rotatable bonds is 7. The van der Waals surface area contributed by atoms with Crippen molar-refractivity contribution in [1.82, 2.24) is 9.80 Å². The van der Waals surface area contributed by atoms with E-state index < -0.39 is 0 Å². The molecular formula is C26H34FN3O3. The molecule has 2 aromatic rings. The Morgan fingerprint density at radius 2 is 1.88 bits per heavy atom. The summed E-state index contributed by atoms with van der Waals surface area (Å²) in [5, 5.41) is 9.80. The number of para-hydroxylation sites is 1. The van der Waals surface area contributed by atoms with E-state index in [1.54, 1.807) is 12.1 Å². The second kappa shape index (κ2) is 11.0. The largest absolute Gasteiger partial charge is 0.508 e. The number of piperidine rings is 1. The second-order valence-corrected chi connectivity index (χ2v) is 9.11. The van der Waals surface area contributed by atoms with Crippen LogP contribution in [0.1, 0.15) is 24.8 Å². The van der Waals surface area contributed by atoms with Crippen LogP contribution >= 0.6 is 0 Å². The lowest BCUT2D eigenvalue weighted by Gasteiger charge is -2.47. The third kappa shape index (κ3) is 6.03. The number of hydrogen-bond donors (Lipinski definition) is 1. The number of ether oxygens (including phenoxy) is 1. The van der Waals surface area contributed by atoms with E-state index in [1.807, 2.05) is 30.3 Å². The number of aromatic hydroxyl groups is 1. The molecule has 2 heterocycles. The monoisotopic (exact) mass is 455 g/mol. The molecule has 178 valence electrons. The van der Waals surface area contributed by atoms with Gasteiger partial charge in [-0.05, 0) is 55.1 Å². The van der Waals surface area contributed by atoms with Gasteiger partial charge in [0.05, 0.1) is 12.8 Å². The Morgan fingerprint density at radius 1 is 1.09 bits per heavy atom. The van der Waals surface area contributed by atoms with Crippen molar-refractivity contribution >= 4 is 11.7 Å². The number of methoxy groups -OCH3 is 1. The average molecular weight is 456 g/mol. The van der Waals surface area contributed by atoms with Crippen molar-refractivity contribution in [2.24, 2.45) is 5.92 Å². The van der Waals surface area contributed by atoms with Crippen molar-refractivity contribution in [2.75, 3.05) is 51.3 Å². The van der Waals surface area contributed by atoms with Crippen molar-refractivity contribution in [3.63, 3.8) is 0 Å². The number of anilines is 1. The molecule has 33 heavy (non-hydrogen) atoms. The summed E-state index contributed by atoms with van der Waals surface area (Å²) in [6.07, 6.45) is 2.25. The molecular weight excluding hydrogens is 421 g/mol. The Hall–Kier alpha value is -2.64. The van der Waals surface area contributed by atoms with Crippen LogP contribution in [0, 0.1) is 11.7 Å². The molecule has 0 bridgehead atoms. The summed E-state index contributed by atoms with van der Waals surface area (Å²) in [5.41, 5.74) is 1.78. The molecule has 1 N–H and O–H groups in total. The van der Waals surface area contributed by atoms with Crippen LogP contribution < -0.4 is 4.90 Å². The molecule has 0 spiro atoms. The highest BCUT2D eigenvalue weighted by Crippen LogP contribution is 2.30. The number of likely N-dealkylation sites (tertiary alicyclic amines) is 1. The van der Waals surface area contributed by atoms with Gasteiger partial charge in [-0.15, -0.1) is 0 Å². The van der Waals surface area contributed by atoms with Gasteiger partial charge in [0.2, 0.25) is 0 Å². The van der Waals surface area contributed by atoms with E-state index in [2.05, 4.69) is 14.7 Å². The highest BCUT2D eigenvalue weighted by atomic mass is 19.1. The summed E-state index contributed by atoms with van der Waals surface area (Å²) in [6.45, 7) is 6.05. The average Bonchev–Trinajstić information content (AvgIpc) is 2.83. The summed E-state index contributed by atoms with van der Waals surface area (Å²) in [4.78, 5) is 18.9. The highest BCUT2D eigenvalue weighted by Gasteiger charge is 2.35. The van der Waals surface area contributed by atoms with Crippen molar-refractivity contribution in [3.05, 3.63) is 59.9 Å². The van der Waals surface area contributed by atoms with Gasteiger partial charge in [0.25, 0.3) is 0 Å². The normalized spacial score (nSPS) is 22.3. The quantitative estimate of drug-likeness (QED) is 0.645. The Balaban J connectivity index is 1.39. The molecule has 2 aliphatic rings. The standard InChI is InChI=1S/C26H34FN3O3/c1-33-26(32)10-9-21-19-28(18-20-5-4-6-22(31)17-20)12-11-24(21)29-13-15-30(16-14-29)25-8-3-2-7-23(25)27/h2-8,17,21,24,31H,9-16,18-19H2,1H3/t21-,24+/m1/s1. The first-order valence-corrected chi connectivity index (χ1v) is 11.8. The number of piperazine rings is 1. The number of carbonyl (C=O) groups excluding carboxylic acids is 1. The van der Waals surface area contributed by atoms with Crippen molar-refractivity contribution < 1.29 is 19.0 Å². The first-order valence-electron chi connectivity index (χ1n) is 11.8. The zero-order valence-electron chi connectivity index (χ0n) is 19.3. The SMILES string of the molecule is COC(=O)CC[C@@H]1CN(Cc2cccc(O)c2)CC[C@@H]1N1CCN(c2ccccc2F)CC1. The van der Waals surface area contributed by atoms with Crippen LogP contribution in [0.25, 0.3) is 0 Å². The minimum Gasteiger partial charge on any atom is -0.508 e. The van der Waals surface area contributed by atoms with E-state index in [4.69, 9.17) is 4.74 Å². The van der Waals surface area contributed by atoms with Gasteiger partial charge in [0, 0.05) is 51.7 Å². The Bertz CT molecular complexity index is 933. The van der Waals surface area contributed by atoms with Crippen LogP contribution in [0.3, 0.4) is 0 Å². The third-order valence-electron chi connectivity index (χ3n) is 7.02. The zero-order valence-corrected chi connectivity index (χ0v) is 19.3. The number of phenolic OH excluding ortho intramolecular Hbond substituents is 1. The highest BCUT2D eigenvalue weighted by molar-refractivity contribution is 5.69. The molecule has 0 aromatic heterocycles. The molecule has 4 rings (SSSR count). The topological polar surface area (TPSA) is 56.2 Å². The maximum atomic E-state index is 14.2. The molecule has 0 saturated carbocycles. The number of nitrogens with zero attached hydrogens (tertiary/aromatic N) is 3.